The van der Waals surface area contributed by atoms with Crippen molar-refractivity contribution in [1.82, 2.24) is 10.1 Å². The van der Waals surface area contributed by atoms with Crippen LogP contribution in [-0.4, -0.2) is 29.1 Å². The van der Waals surface area contributed by atoms with Gasteiger partial charge in [-0.2, -0.15) is 0 Å². The van der Waals surface area contributed by atoms with Gasteiger partial charge in [0.25, 0.3) is 5.91 Å². The number of esters is 1. The fraction of sp³-hybridized carbons (Fsp3) is 0.111. The molecule has 0 aliphatic heterocycles. The molecule has 0 aliphatic carbocycles. The Kier molecular flexibility index (Phi) is 4.93. The molecule has 0 radical (unpaired) electrons. The Labute approximate surface area is 149 Å². The number of nitrogens with one attached hydrogen (secondary N) is 2. The number of hydrogen-bond acceptors (Lipinski definition) is 7. The van der Waals surface area contributed by atoms with Gasteiger partial charge in [0.2, 0.25) is 0 Å². The number of nitrogens with zero attached hydrogens (tertiary/aromatic N) is 2. The van der Waals surface area contributed by atoms with Crippen molar-refractivity contribution in [3.05, 3.63) is 65.7 Å². The highest BCUT2D eigenvalue weighted by atomic mass is 16.5. The summed E-state index contributed by atoms with van der Waals surface area (Å²) in [7, 11) is 1.33. The average Bonchev–Trinajstić information content (AvgIpc) is 3.06. The number of amides is 1. The Morgan fingerprint density at radius 3 is 2.50 bits per heavy atom. The first-order chi connectivity index (χ1) is 12.5. The molecular weight excluding hydrogens is 336 g/mol. The number of hydrogen-bond donors (Lipinski definition) is 2. The summed E-state index contributed by atoms with van der Waals surface area (Å²) in [6.07, 6.45) is 1.52. The molecule has 8 heteroatoms. The van der Waals surface area contributed by atoms with Crippen LogP contribution < -0.4 is 10.6 Å². The van der Waals surface area contributed by atoms with E-state index in [0.29, 0.717) is 22.8 Å². The van der Waals surface area contributed by atoms with Gasteiger partial charge in [0, 0.05) is 23.6 Å². The minimum Gasteiger partial charge on any atom is -0.465 e. The lowest BCUT2D eigenvalue weighted by atomic mass is 10.2. The molecule has 8 nitrogen and oxygen atoms in total. The molecule has 3 aromatic rings. The monoisotopic (exact) mass is 352 g/mol. The summed E-state index contributed by atoms with van der Waals surface area (Å²) < 4.78 is 9.57. The van der Waals surface area contributed by atoms with Crippen LogP contribution in [0, 0.1) is 6.92 Å². The highest BCUT2D eigenvalue weighted by molar-refractivity contribution is 6.02. The van der Waals surface area contributed by atoms with Crippen molar-refractivity contribution in [3.8, 4) is 0 Å². The van der Waals surface area contributed by atoms with Crippen LogP contribution in [0.2, 0.25) is 0 Å². The highest BCUT2D eigenvalue weighted by Gasteiger charge is 2.11. The van der Waals surface area contributed by atoms with Gasteiger partial charge in [0.15, 0.2) is 5.82 Å². The van der Waals surface area contributed by atoms with Crippen molar-refractivity contribution < 1.29 is 18.8 Å². The Morgan fingerprint density at radius 2 is 1.85 bits per heavy atom. The van der Waals surface area contributed by atoms with Crippen LogP contribution in [0.5, 0.6) is 0 Å². The van der Waals surface area contributed by atoms with Crippen LogP contribution >= 0.6 is 0 Å². The molecule has 26 heavy (non-hydrogen) atoms. The fourth-order valence-electron chi connectivity index (χ4n) is 2.21. The van der Waals surface area contributed by atoms with Crippen molar-refractivity contribution in [2.24, 2.45) is 0 Å². The highest BCUT2D eigenvalue weighted by Crippen LogP contribution is 2.18. The third-order valence-electron chi connectivity index (χ3n) is 3.46. The van der Waals surface area contributed by atoms with Gasteiger partial charge >= 0.3 is 5.97 Å². The Bertz CT molecular complexity index is 934. The summed E-state index contributed by atoms with van der Waals surface area (Å²) in [6.45, 7) is 1.73. The molecule has 0 atom stereocenters. The molecule has 0 bridgehead atoms. The van der Waals surface area contributed by atoms with E-state index in [1.807, 2.05) is 0 Å². The minimum absolute atomic E-state index is 0.224. The van der Waals surface area contributed by atoms with Gasteiger partial charge in [-0.15, -0.1) is 0 Å². The normalized spacial score (nSPS) is 10.2. The third-order valence-corrected chi connectivity index (χ3v) is 3.46. The first-order valence-corrected chi connectivity index (χ1v) is 7.71. The molecule has 2 aromatic heterocycles. The molecule has 0 spiro atoms. The van der Waals surface area contributed by atoms with E-state index in [0.717, 1.165) is 5.69 Å². The molecule has 0 saturated carbocycles. The smallest absolute Gasteiger partial charge is 0.337 e. The number of benzene rings is 1. The van der Waals surface area contributed by atoms with Crippen molar-refractivity contribution in [2.75, 3.05) is 17.7 Å². The molecule has 0 fully saturated rings. The maximum atomic E-state index is 12.2. The number of ether oxygens (including phenoxy) is 1. The Balaban J connectivity index is 1.70. The number of anilines is 3. The quantitative estimate of drug-likeness (QED) is 0.679. The van der Waals surface area contributed by atoms with E-state index in [4.69, 9.17) is 4.52 Å². The summed E-state index contributed by atoms with van der Waals surface area (Å²) in [5.74, 6) is 0.121. The zero-order valence-electron chi connectivity index (χ0n) is 14.1. The number of rotatable bonds is 5. The number of pyridine rings is 1. The van der Waals surface area contributed by atoms with E-state index in [2.05, 4.69) is 25.5 Å². The second kappa shape index (κ2) is 7.47. The van der Waals surface area contributed by atoms with E-state index in [1.54, 1.807) is 49.4 Å². The number of aryl methyl sites for hydroxylation is 1. The Hall–Kier alpha value is -3.68. The topological polar surface area (TPSA) is 106 Å². The average molecular weight is 352 g/mol. The second-order valence-corrected chi connectivity index (χ2v) is 5.40. The lowest BCUT2D eigenvalue weighted by Crippen LogP contribution is -2.14. The van der Waals surface area contributed by atoms with Gasteiger partial charge in [-0.3, -0.25) is 9.78 Å². The van der Waals surface area contributed by atoms with Gasteiger partial charge in [0.05, 0.1) is 12.7 Å². The minimum atomic E-state index is -0.400. The van der Waals surface area contributed by atoms with Crippen molar-refractivity contribution >= 4 is 29.1 Å². The molecule has 1 aromatic carbocycles. The molecule has 2 heterocycles. The van der Waals surface area contributed by atoms with Crippen molar-refractivity contribution in [1.29, 1.82) is 0 Å². The van der Waals surface area contributed by atoms with Gasteiger partial charge in [-0.25, -0.2) is 4.79 Å². The molecule has 0 aliphatic rings. The maximum absolute atomic E-state index is 12.2. The van der Waals surface area contributed by atoms with E-state index < -0.39 is 11.9 Å². The summed E-state index contributed by atoms with van der Waals surface area (Å²) >= 11 is 0. The largest absolute Gasteiger partial charge is 0.465 e. The van der Waals surface area contributed by atoms with Crippen LogP contribution in [-0.2, 0) is 4.74 Å². The molecule has 3 rings (SSSR count). The van der Waals surface area contributed by atoms with Crippen LogP contribution in [0.3, 0.4) is 0 Å². The van der Waals surface area contributed by atoms with Crippen molar-refractivity contribution in [3.63, 3.8) is 0 Å². The Morgan fingerprint density at radius 1 is 1.08 bits per heavy atom. The van der Waals surface area contributed by atoms with Crippen LogP contribution in [0.25, 0.3) is 0 Å². The predicted molar refractivity (Wildman–Crippen MR) is 94.5 cm³/mol. The zero-order valence-corrected chi connectivity index (χ0v) is 14.1. The molecule has 132 valence electrons. The lowest BCUT2D eigenvalue weighted by molar-refractivity contribution is 0.0600. The van der Waals surface area contributed by atoms with E-state index in [1.165, 1.54) is 13.3 Å². The molecule has 1 amide bonds. The summed E-state index contributed by atoms with van der Waals surface area (Å²) in [5, 5.41) is 9.47. The maximum Gasteiger partial charge on any atom is 0.337 e. The third kappa shape index (κ3) is 4.04. The van der Waals surface area contributed by atoms with Crippen LogP contribution in [0.1, 0.15) is 26.6 Å². The van der Waals surface area contributed by atoms with Gasteiger partial charge < -0.3 is 19.9 Å². The second-order valence-electron chi connectivity index (χ2n) is 5.40. The van der Waals surface area contributed by atoms with Crippen molar-refractivity contribution in [2.45, 2.75) is 6.92 Å². The number of aromatic nitrogens is 2. The van der Waals surface area contributed by atoms with E-state index in [-0.39, 0.29) is 5.69 Å². The van der Waals surface area contributed by atoms with E-state index >= 15 is 0 Å². The van der Waals surface area contributed by atoms with E-state index in [9.17, 15) is 9.59 Å². The first-order valence-electron chi connectivity index (χ1n) is 7.71. The summed E-state index contributed by atoms with van der Waals surface area (Å²) in [5.41, 5.74) is 2.10. The standard InChI is InChI=1S/C18H16N4O4/c1-11-9-16(22-26-11)21-17(23)15-10-14(7-8-19-15)20-13-5-3-12(4-6-13)18(24)25-2/h3-10H,1-2H3,(H,19,20)(H,21,22,23). The summed E-state index contributed by atoms with van der Waals surface area (Å²) in [4.78, 5) is 27.8. The molecular formula is C18H16N4O4. The molecule has 0 saturated heterocycles. The SMILES string of the molecule is COC(=O)c1ccc(Nc2ccnc(C(=O)Nc3cc(C)on3)c2)cc1. The van der Waals surface area contributed by atoms with Gasteiger partial charge in [-0.05, 0) is 43.3 Å². The molecule has 2 N–H and O–H groups in total. The predicted octanol–water partition coefficient (Wildman–Crippen LogP) is 3.16. The number of carbonyl (C=O) groups excluding carboxylic acids is 2. The van der Waals surface area contributed by atoms with Crippen LogP contribution in [0.4, 0.5) is 17.2 Å². The fourth-order valence-corrected chi connectivity index (χ4v) is 2.21. The number of carbonyl (C=O) groups is 2. The number of methoxy groups -OCH3 is 1. The zero-order chi connectivity index (χ0) is 18.5. The first kappa shape index (κ1) is 17.2. The van der Waals surface area contributed by atoms with Crippen LogP contribution in [0.15, 0.2) is 53.2 Å². The van der Waals surface area contributed by atoms with Gasteiger partial charge in [0.1, 0.15) is 11.5 Å². The summed E-state index contributed by atoms with van der Waals surface area (Å²) in [6, 6.07) is 11.7. The lowest BCUT2D eigenvalue weighted by Gasteiger charge is -2.08. The van der Waals surface area contributed by atoms with Gasteiger partial charge in [-0.1, -0.05) is 5.16 Å². The molecule has 0 unspecified atom stereocenters.